The lowest BCUT2D eigenvalue weighted by Gasteiger charge is -2.17. The highest BCUT2D eigenvalue weighted by Gasteiger charge is 2.16. The zero-order chi connectivity index (χ0) is 14.3. The van der Waals surface area contributed by atoms with E-state index < -0.39 is 6.04 Å². The van der Waals surface area contributed by atoms with E-state index in [4.69, 9.17) is 5.73 Å². The monoisotopic (exact) mass is 282 g/mol. The van der Waals surface area contributed by atoms with Crippen molar-refractivity contribution in [2.24, 2.45) is 5.73 Å². The Kier molecular flexibility index (Phi) is 6.73. The van der Waals surface area contributed by atoms with Crippen LogP contribution >= 0.6 is 11.8 Å². The fourth-order valence-electron chi connectivity index (χ4n) is 1.70. The number of carbonyl (C=O) groups is 1. The van der Waals surface area contributed by atoms with Crippen molar-refractivity contribution in [3.05, 3.63) is 29.8 Å². The van der Waals surface area contributed by atoms with Crippen LogP contribution in [0.1, 0.15) is 18.9 Å². The van der Waals surface area contributed by atoms with Gasteiger partial charge in [-0.1, -0.05) is 12.1 Å². The number of nitrogens with one attached hydrogen (secondary N) is 1. The van der Waals surface area contributed by atoms with Gasteiger partial charge in [0.1, 0.15) is 5.75 Å². The van der Waals surface area contributed by atoms with Crippen LogP contribution in [0.5, 0.6) is 5.75 Å². The molecule has 5 heteroatoms. The number of hydrogen-bond donors (Lipinski definition) is 3. The molecule has 0 spiro atoms. The van der Waals surface area contributed by atoms with Crippen molar-refractivity contribution in [3.63, 3.8) is 0 Å². The Hall–Kier alpha value is -1.20. The molecule has 0 aliphatic heterocycles. The first-order valence-electron chi connectivity index (χ1n) is 6.35. The minimum Gasteiger partial charge on any atom is -0.508 e. The summed E-state index contributed by atoms with van der Waals surface area (Å²) in [6.07, 6.45) is 3.46. The Morgan fingerprint density at radius 3 is 2.63 bits per heavy atom. The lowest BCUT2D eigenvalue weighted by atomic mass is 10.1. The summed E-state index contributed by atoms with van der Waals surface area (Å²) in [7, 11) is 0. The number of carbonyl (C=O) groups excluding carboxylic acids is 1. The molecule has 19 heavy (non-hydrogen) atoms. The second-order valence-electron chi connectivity index (χ2n) is 4.67. The van der Waals surface area contributed by atoms with Crippen LogP contribution in [0.2, 0.25) is 0 Å². The molecule has 1 aromatic carbocycles. The number of benzene rings is 1. The molecule has 1 unspecified atom stereocenters. The Morgan fingerprint density at radius 1 is 1.42 bits per heavy atom. The lowest BCUT2D eigenvalue weighted by molar-refractivity contribution is -0.122. The van der Waals surface area contributed by atoms with Crippen LogP contribution in [-0.4, -0.2) is 35.1 Å². The third kappa shape index (κ3) is 5.98. The number of amides is 1. The molecule has 106 valence electrons. The van der Waals surface area contributed by atoms with Gasteiger partial charge < -0.3 is 16.2 Å². The van der Waals surface area contributed by atoms with Crippen LogP contribution in [0.25, 0.3) is 0 Å². The van der Waals surface area contributed by atoms with Crippen LogP contribution in [0, 0.1) is 0 Å². The van der Waals surface area contributed by atoms with Gasteiger partial charge in [-0.15, -0.1) is 0 Å². The number of nitrogens with two attached hydrogens (primary N) is 1. The van der Waals surface area contributed by atoms with Gasteiger partial charge in [-0.05, 0) is 49.5 Å². The molecule has 4 nitrogen and oxygen atoms in total. The molecule has 1 rings (SSSR count). The average Bonchev–Trinajstić information content (AvgIpc) is 2.39. The van der Waals surface area contributed by atoms with E-state index in [1.54, 1.807) is 36.0 Å². The van der Waals surface area contributed by atoms with Gasteiger partial charge in [0.15, 0.2) is 0 Å². The SMILES string of the molecule is CSCCC(C)NC(=O)[C@H](N)Cc1ccc(O)cc1. The molecule has 0 bridgehead atoms. The molecule has 0 aliphatic rings. The topological polar surface area (TPSA) is 75.4 Å². The van der Waals surface area contributed by atoms with Gasteiger partial charge in [0, 0.05) is 6.04 Å². The molecule has 0 saturated carbocycles. The summed E-state index contributed by atoms with van der Waals surface area (Å²) >= 11 is 1.76. The summed E-state index contributed by atoms with van der Waals surface area (Å²) in [5.41, 5.74) is 6.83. The van der Waals surface area contributed by atoms with Gasteiger partial charge in [-0.2, -0.15) is 11.8 Å². The third-order valence-corrected chi connectivity index (χ3v) is 3.52. The van der Waals surface area contributed by atoms with E-state index in [1.807, 2.05) is 13.2 Å². The number of thioether (sulfide) groups is 1. The van der Waals surface area contributed by atoms with Crippen LogP contribution in [0.4, 0.5) is 0 Å². The summed E-state index contributed by atoms with van der Waals surface area (Å²) in [4.78, 5) is 11.9. The van der Waals surface area contributed by atoms with Crippen molar-refractivity contribution < 1.29 is 9.90 Å². The lowest BCUT2D eigenvalue weighted by Crippen LogP contribution is -2.45. The van der Waals surface area contributed by atoms with E-state index >= 15 is 0 Å². The molecule has 1 aromatic rings. The predicted molar refractivity (Wildman–Crippen MR) is 80.4 cm³/mol. The van der Waals surface area contributed by atoms with E-state index in [0.717, 1.165) is 17.7 Å². The maximum absolute atomic E-state index is 11.9. The number of aromatic hydroxyl groups is 1. The fourth-order valence-corrected chi connectivity index (χ4v) is 2.28. The van der Waals surface area contributed by atoms with Crippen molar-refractivity contribution >= 4 is 17.7 Å². The van der Waals surface area contributed by atoms with Crippen molar-refractivity contribution in [2.75, 3.05) is 12.0 Å². The second kappa shape index (κ2) is 8.07. The molecule has 0 saturated heterocycles. The summed E-state index contributed by atoms with van der Waals surface area (Å²) in [6.45, 7) is 1.99. The highest BCUT2D eigenvalue weighted by Crippen LogP contribution is 2.11. The van der Waals surface area contributed by atoms with Crippen molar-refractivity contribution in [1.82, 2.24) is 5.32 Å². The average molecular weight is 282 g/mol. The molecule has 0 radical (unpaired) electrons. The quantitative estimate of drug-likeness (QED) is 0.709. The summed E-state index contributed by atoms with van der Waals surface area (Å²) in [5, 5.41) is 12.1. The number of rotatable bonds is 7. The molecule has 0 heterocycles. The van der Waals surface area contributed by atoms with Gasteiger partial charge in [0.25, 0.3) is 0 Å². The zero-order valence-corrected chi connectivity index (χ0v) is 12.2. The van der Waals surface area contributed by atoms with Gasteiger partial charge in [-0.25, -0.2) is 0 Å². The second-order valence-corrected chi connectivity index (χ2v) is 5.65. The van der Waals surface area contributed by atoms with Crippen molar-refractivity contribution in [2.45, 2.75) is 31.8 Å². The van der Waals surface area contributed by atoms with Crippen molar-refractivity contribution in [3.8, 4) is 5.75 Å². The first-order chi connectivity index (χ1) is 9.02. The fraction of sp³-hybridized carbons (Fsp3) is 0.500. The van der Waals surface area contributed by atoms with Gasteiger partial charge in [0.05, 0.1) is 6.04 Å². The van der Waals surface area contributed by atoms with Crippen molar-refractivity contribution in [1.29, 1.82) is 0 Å². The summed E-state index contributed by atoms with van der Waals surface area (Å²) < 4.78 is 0. The van der Waals surface area contributed by atoms with Crippen LogP contribution in [-0.2, 0) is 11.2 Å². The Labute approximate surface area is 118 Å². The van der Waals surface area contributed by atoms with Gasteiger partial charge >= 0.3 is 0 Å². The van der Waals surface area contributed by atoms with E-state index in [0.29, 0.717) is 6.42 Å². The normalized spacial score (nSPS) is 13.8. The van der Waals surface area contributed by atoms with Crippen LogP contribution in [0.15, 0.2) is 24.3 Å². The molecule has 1 amide bonds. The highest BCUT2D eigenvalue weighted by atomic mass is 32.2. The molecular formula is C14H22N2O2S. The Balaban J connectivity index is 2.42. The Morgan fingerprint density at radius 2 is 2.05 bits per heavy atom. The molecule has 4 N–H and O–H groups in total. The number of phenols is 1. The molecule has 0 aromatic heterocycles. The molecule has 0 aliphatic carbocycles. The highest BCUT2D eigenvalue weighted by molar-refractivity contribution is 7.98. The first kappa shape index (κ1) is 15.9. The van der Waals surface area contributed by atoms with E-state index in [2.05, 4.69) is 5.32 Å². The largest absolute Gasteiger partial charge is 0.508 e. The van der Waals surface area contributed by atoms with E-state index in [-0.39, 0.29) is 17.7 Å². The maximum Gasteiger partial charge on any atom is 0.237 e. The molecule has 2 atom stereocenters. The minimum atomic E-state index is -0.554. The summed E-state index contributed by atoms with van der Waals surface area (Å²) in [5.74, 6) is 1.11. The maximum atomic E-state index is 11.9. The smallest absolute Gasteiger partial charge is 0.237 e. The minimum absolute atomic E-state index is 0.123. The van der Waals surface area contributed by atoms with Crippen LogP contribution < -0.4 is 11.1 Å². The molecular weight excluding hydrogens is 260 g/mol. The summed E-state index contributed by atoms with van der Waals surface area (Å²) in [6, 6.07) is 6.34. The predicted octanol–water partition coefficient (Wildman–Crippen LogP) is 1.52. The number of hydrogen-bond acceptors (Lipinski definition) is 4. The van der Waals surface area contributed by atoms with Gasteiger partial charge in [-0.3, -0.25) is 4.79 Å². The van der Waals surface area contributed by atoms with Crippen LogP contribution in [0.3, 0.4) is 0 Å². The van der Waals surface area contributed by atoms with Gasteiger partial charge in [0.2, 0.25) is 5.91 Å². The first-order valence-corrected chi connectivity index (χ1v) is 7.75. The molecule has 0 fully saturated rings. The van der Waals surface area contributed by atoms with E-state index in [9.17, 15) is 9.90 Å². The third-order valence-electron chi connectivity index (χ3n) is 2.87. The zero-order valence-electron chi connectivity index (χ0n) is 11.4. The standard InChI is InChI=1S/C14H22N2O2S/c1-10(7-8-19-2)16-14(18)13(15)9-11-3-5-12(17)6-4-11/h3-6,10,13,17H,7-9,15H2,1-2H3,(H,16,18)/t10?,13-/m1/s1. The van der Waals surface area contributed by atoms with E-state index in [1.165, 1.54) is 0 Å². The number of phenolic OH excluding ortho intramolecular Hbond substituents is 1. The Bertz CT molecular complexity index is 395.